The number of rotatable bonds is 3. The summed E-state index contributed by atoms with van der Waals surface area (Å²) in [5.41, 5.74) is 0.512. The van der Waals surface area contributed by atoms with Crippen LogP contribution in [0, 0.1) is 17.3 Å². The van der Waals surface area contributed by atoms with Gasteiger partial charge in [-0.2, -0.15) is 0 Å². The van der Waals surface area contributed by atoms with Crippen LogP contribution in [0.3, 0.4) is 0 Å². The van der Waals surface area contributed by atoms with E-state index in [1.54, 1.807) is 0 Å². The van der Waals surface area contributed by atoms with Crippen molar-refractivity contribution in [2.75, 3.05) is 13.1 Å². The van der Waals surface area contributed by atoms with E-state index < -0.39 is 0 Å². The van der Waals surface area contributed by atoms with Crippen molar-refractivity contribution < 1.29 is 4.79 Å². The molecule has 2 heteroatoms. The van der Waals surface area contributed by atoms with Crippen molar-refractivity contribution in [3.8, 4) is 0 Å². The summed E-state index contributed by atoms with van der Waals surface area (Å²) in [6.07, 6.45) is 16.2. The highest BCUT2D eigenvalue weighted by Crippen LogP contribution is 2.45. The van der Waals surface area contributed by atoms with Crippen molar-refractivity contribution >= 4 is 5.91 Å². The molecule has 0 aromatic heterocycles. The first-order chi connectivity index (χ1) is 10.2. The molecular formula is C19H33NO. The smallest absolute Gasteiger partial charge is 0.225 e. The summed E-state index contributed by atoms with van der Waals surface area (Å²) in [5.74, 6) is 1.54. The molecular weight excluding hydrogens is 258 g/mol. The van der Waals surface area contributed by atoms with Crippen LogP contribution in [0.4, 0.5) is 0 Å². The lowest BCUT2D eigenvalue weighted by Crippen LogP contribution is -2.47. The summed E-state index contributed by atoms with van der Waals surface area (Å²) >= 11 is 0. The van der Waals surface area contributed by atoms with Gasteiger partial charge in [0.15, 0.2) is 0 Å². The molecule has 3 fully saturated rings. The molecule has 0 radical (unpaired) electrons. The Morgan fingerprint density at radius 2 is 1.71 bits per heavy atom. The Hall–Kier alpha value is -0.530. The molecule has 0 aromatic carbocycles. The summed E-state index contributed by atoms with van der Waals surface area (Å²) in [6, 6.07) is 0. The van der Waals surface area contributed by atoms with Gasteiger partial charge in [0.25, 0.3) is 0 Å². The van der Waals surface area contributed by atoms with Gasteiger partial charge in [-0.3, -0.25) is 4.79 Å². The predicted molar refractivity (Wildman–Crippen MR) is 87.1 cm³/mol. The van der Waals surface area contributed by atoms with Crippen molar-refractivity contribution in [1.82, 2.24) is 4.90 Å². The van der Waals surface area contributed by atoms with Gasteiger partial charge in [0, 0.05) is 19.0 Å². The fourth-order valence-corrected chi connectivity index (χ4v) is 5.26. The maximum absolute atomic E-state index is 12.8. The van der Waals surface area contributed by atoms with E-state index in [-0.39, 0.29) is 5.92 Å². The van der Waals surface area contributed by atoms with E-state index >= 15 is 0 Å². The van der Waals surface area contributed by atoms with Gasteiger partial charge in [0.05, 0.1) is 0 Å². The second-order valence-corrected chi connectivity index (χ2v) is 8.21. The van der Waals surface area contributed by atoms with Crippen LogP contribution in [0.2, 0.25) is 0 Å². The van der Waals surface area contributed by atoms with Crippen LogP contribution in [-0.2, 0) is 4.79 Å². The zero-order valence-corrected chi connectivity index (χ0v) is 13.9. The average Bonchev–Trinajstić information content (AvgIpc) is 2.95. The van der Waals surface area contributed by atoms with Crippen molar-refractivity contribution in [2.24, 2.45) is 17.3 Å². The van der Waals surface area contributed by atoms with E-state index in [0.29, 0.717) is 11.3 Å². The number of carbonyl (C=O) groups is 1. The van der Waals surface area contributed by atoms with Crippen molar-refractivity contribution in [2.45, 2.75) is 84.0 Å². The van der Waals surface area contributed by atoms with Gasteiger partial charge in [-0.25, -0.2) is 0 Å². The van der Waals surface area contributed by atoms with E-state index in [1.807, 2.05) is 0 Å². The third-order valence-corrected chi connectivity index (χ3v) is 6.47. The Morgan fingerprint density at radius 1 is 1.05 bits per heavy atom. The highest BCUT2D eigenvalue weighted by atomic mass is 16.2. The fraction of sp³-hybridized carbons (Fsp3) is 0.947. The first kappa shape index (κ1) is 15.4. The number of likely N-dealkylation sites (tertiary alicyclic amines) is 1. The maximum atomic E-state index is 12.8. The summed E-state index contributed by atoms with van der Waals surface area (Å²) in [7, 11) is 0. The Labute approximate surface area is 130 Å². The first-order valence-corrected chi connectivity index (χ1v) is 9.47. The van der Waals surface area contributed by atoms with Crippen LogP contribution in [0.15, 0.2) is 0 Å². The van der Waals surface area contributed by atoms with Crippen LogP contribution in [0.1, 0.15) is 84.0 Å². The third-order valence-electron chi connectivity index (χ3n) is 6.47. The zero-order chi connectivity index (χ0) is 14.7. The van der Waals surface area contributed by atoms with E-state index in [4.69, 9.17) is 0 Å². The van der Waals surface area contributed by atoms with Crippen LogP contribution in [-0.4, -0.2) is 23.9 Å². The molecule has 1 aliphatic heterocycles. The van der Waals surface area contributed by atoms with E-state index in [1.165, 1.54) is 70.6 Å². The van der Waals surface area contributed by atoms with Gasteiger partial charge in [0.1, 0.15) is 0 Å². The summed E-state index contributed by atoms with van der Waals surface area (Å²) in [5, 5.41) is 0. The van der Waals surface area contributed by atoms with E-state index in [2.05, 4.69) is 11.8 Å². The number of amides is 1. The molecule has 1 spiro atoms. The number of carbonyl (C=O) groups excluding carboxylic acids is 1. The van der Waals surface area contributed by atoms with Crippen LogP contribution in [0.25, 0.3) is 0 Å². The zero-order valence-electron chi connectivity index (χ0n) is 13.9. The molecule has 0 N–H and O–H groups in total. The minimum atomic E-state index is 0.254. The topological polar surface area (TPSA) is 20.3 Å². The number of nitrogens with zero attached hydrogens (tertiary/aromatic N) is 1. The van der Waals surface area contributed by atoms with Crippen LogP contribution >= 0.6 is 0 Å². The SMILES string of the molecule is C[C@H](CC1CCCCC1)C(=O)N1CCCC2(CCCC2)C1. The second-order valence-electron chi connectivity index (χ2n) is 8.21. The summed E-state index contributed by atoms with van der Waals surface area (Å²) in [4.78, 5) is 15.1. The van der Waals surface area contributed by atoms with Crippen molar-refractivity contribution in [1.29, 1.82) is 0 Å². The molecule has 2 nitrogen and oxygen atoms in total. The molecule has 0 bridgehead atoms. The molecule has 0 aromatic rings. The average molecular weight is 291 g/mol. The molecule has 120 valence electrons. The van der Waals surface area contributed by atoms with Crippen LogP contribution in [0.5, 0.6) is 0 Å². The lowest BCUT2D eigenvalue weighted by atomic mass is 9.77. The lowest BCUT2D eigenvalue weighted by Gasteiger charge is -2.41. The second kappa shape index (κ2) is 6.71. The van der Waals surface area contributed by atoms with Gasteiger partial charge in [-0.1, -0.05) is 51.9 Å². The maximum Gasteiger partial charge on any atom is 0.225 e. The third kappa shape index (κ3) is 3.63. The summed E-state index contributed by atoms with van der Waals surface area (Å²) < 4.78 is 0. The normalized spacial score (nSPS) is 28.0. The Morgan fingerprint density at radius 3 is 2.43 bits per heavy atom. The minimum Gasteiger partial charge on any atom is -0.342 e. The Balaban J connectivity index is 1.53. The monoisotopic (exact) mass is 291 g/mol. The molecule has 1 heterocycles. The molecule has 1 atom stereocenters. The first-order valence-electron chi connectivity index (χ1n) is 9.47. The molecule has 3 rings (SSSR count). The number of hydrogen-bond donors (Lipinski definition) is 0. The van der Waals surface area contributed by atoms with Gasteiger partial charge in [0.2, 0.25) is 5.91 Å². The highest BCUT2D eigenvalue weighted by Gasteiger charge is 2.40. The van der Waals surface area contributed by atoms with Gasteiger partial charge in [-0.05, 0) is 43.4 Å². The molecule has 0 unspecified atom stereocenters. The predicted octanol–water partition coefficient (Wildman–Crippen LogP) is 4.78. The molecule has 21 heavy (non-hydrogen) atoms. The number of piperidine rings is 1. The molecule has 2 saturated carbocycles. The molecule has 1 amide bonds. The van der Waals surface area contributed by atoms with Gasteiger partial charge < -0.3 is 4.90 Å². The molecule has 3 aliphatic rings. The Bertz CT molecular complexity index is 353. The Kier molecular flexibility index (Phi) is 4.91. The van der Waals surface area contributed by atoms with Crippen molar-refractivity contribution in [3.05, 3.63) is 0 Å². The minimum absolute atomic E-state index is 0.254. The van der Waals surface area contributed by atoms with Gasteiger partial charge in [-0.15, -0.1) is 0 Å². The van der Waals surface area contributed by atoms with E-state index in [9.17, 15) is 4.79 Å². The number of hydrogen-bond acceptors (Lipinski definition) is 1. The quantitative estimate of drug-likeness (QED) is 0.733. The molecule has 1 saturated heterocycles. The highest BCUT2D eigenvalue weighted by molar-refractivity contribution is 5.78. The molecule has 2 aliphatic carbocycles. The standard InChI is InChI=1S/C19H33NO/c1-16(14-17-8-3-2-4-9-17)18(21)20-13-7-12-19(15-20)10-5-6-11-19/h16-17H,2-15H2,1H3/t16-/m1/s1. The van der Waals surface area contributed by atoms with Crippen molar-refractivity contribution in [3.63, 3.8) is 0 Å². The van der Waals surface area contributed by atoms with E-state index in [0.717, 1.165) is 25.4 Å². The largest absolute Gasteiger partial charge is 0.342 e. The summed E-state index contributed by atoms with van der Waals surface area (Å²) in [6.45, 7) is 4.28. The lowest BCUT2D eigenvalue weighted by molar-refractivity contribution is -0.139. The van der Waals surface area contributed by atoms with Crippen LogP contribution < -0.4 is 0 Å². The van der Waals surface area contributed by atoms with Gasteiger partial charge >= 0.3 is 0 Å². The fourth-order valence-electron chi connectivity index (χ4n) is 5.26.